The van der Waals surface area contributed by atoms with E-state index in [9.17, 15) is 0 Å². The average molecular weight is 285 g/mol. The lowest BCUT2D eigenvalue weighted by Crippen LogP contribution is -2.29. The maximum Gasteiger partial charge on any atom is 0.176 e. The molecule has 1 aromatic rings. The molecule has 0 unspecified atom stereocenters. The zero-order valence-corrected chi connectivity index (χ0v) is 12.7. The molecule has 0 radical (unpaired) electrons. The highest BCUT2D eigenvalue weighted by Crippen LogP contribution is 2.17. The summed E-state index contributed by atoms with van der Waals surface area (Å²) in [5, 5.41) is 15.1. The van der Waals surface area contributed by atoms with Crippen molar-refractivity contribution in [3.8, 4) is 0 Å². The molecular weight excluding hydrogens is 266 g/mol. The molecule has 1 aromatic heterocycles. The third-order valence-corrected chi connectivity index (χ3v) is 2.98. The van der Waals surface area contributed by atoms with Crippen LogP contribution in [0.3, 0.4) is 0 Å². The van der Waals surface area contributed by atoms with E-state index in [1.54, 1.807) is 6.20 Å². The number of nitrogens with one attached hydrogen (secondary N) is 1. The molecule has 0 saturated heterocycles. The first kappa shape index (κ1) is 14.9. The van der Waals surface area contributed by atoms with Gasteiger partial charge in [0, 0.05) is 0 Å². The molecule has 6 nitrogen and oxygen atoms in total. The van der Waals surface area contributed by atoms with Gasteiger partial charge in [0.25, 0.3) is 0 Å². The smallest absolute Gasteiger partial charge is 0.176 e. The van der Waals surface area contributed by atoms with E-state index in [4.69, 9.17) is 4.84 Å². The van der Waals surface area contributed by atoms with E-state index in [-0.39, 0.29) is 0 Å². The van der Waals surface area contributed by atoms with E-state index in [2.05, 4.69) is 39.5 Å². The van der Waals surface area contributed by atoms with E-state index in [1.165, 1.54) is 7.11 Å². The number of hydrogen-bond donors (Lipinski definition) is 1. The minimum Gasteiger partial charge on any atom is -0.399 e. The Bertz CT molecular complexity index is 629. The fourth-order valence-electron chi connectivity index (χ4n) is 1.82. The van der Waals surface area contributed by atoms with Crippen LogP contribution >= 0.6 is 0 Å². The van der Waals surface area contributed by atoms with Crippen LogP contribution in [-0.2, 0) is 4.84 Å². The molecule has 2 heterocycles. The van der Waals surface area contributed by atoms with Crippen molar-refractivity contribution >= 4 is 17.4 Å². The van der Waals surface area contributed by atoms with Crippen LogP contribution in [0, 0.1) is 0 Å². The van der Waals surface area contributed by atoms with Crippen molar-refractivity contribution in [2.24, 2.45) is 10.1 Å². The molecule has 0 amide bonds. The zero-order chi connectivity index (χ0) is 15.2. The van der Waals surface area contributed by atoms with Gasteiger partial charge in [-0.05, 0) is 36.6 Å². The second-order valence-electron chi connectivity index (χ2n) is 4.82. The quantitative estimate of drug-likeness (QED) is 0.867. The van der Waals surface area contributed by atoms with Crippen LogP contribution in [-0.4, -0.2) is 28.9 Å². The van der Waals surface area contributed by atoms with Gasteiger partial charge >= 0.3 is 0 Å². The summed E-state index contributed by atoms with van der Waals surface area (Å²) in [6, 6.07) is 1.94. The Morgan fingerprint density at radius 2 is 2.14 bits per heavy atom. The van der Waals surface area contributed by atoms with E-state index < -0.39 is 0 Å². The second kappa shape index (κ2) is 6.78. The summed E-state index contributed by atoms with van der Waals surface area (Å²) in [7, 11) is 1.52. The minimum absolute atomic E-state index is 0.390. The van der Waals surface area contributed by atoms with E-state index in [0.29, 0.717) is 17.6 Å². The van der Waals surface area contributed by atoms with Crippen LogP contribution in [0.15, 0.2) is 46.3 Å². The normalized spacial score (nSPS) is 20.3. The van der Waals surface area contributed by atoms with Crippen LogP contribution in [0.4, 0.5) is 5.82 Å². The molecule has 110 valence electrons. The molecule has 0 atom stereocenters. The molecule has 1 N–H and O–H groups in total. The molecule has 0 aliphatic carbocycles. The number of allylic oxidation sites excluding steroid dienone is 2. The minimum atomic E-state index is 0.390. The summed E-state index contributed by atoms with van der Waals surface area (Å²) in [5.41, 5.74) is 2.67. The third kappa shape index (κ3) is 3.75. The van der Waals surface area contributed by atoms with Gasteiger partial charge in [-0.2, -0.15) is 5.10 Å². The summed E-state index contributed by atoms with van der Waals surface area (Å²) >= 11 is 0. The van der Waals surface area contributed by atoms with E-state index in [1.807, 2.05) is 31.2 Å². The summed E-state index contributed by atoms with van der Waals surface area (Å²) < 4.78 is 0. The lowest BCUT2D eigenvalue weighted by Gasteiger charge is -2.15. The van der Waals surface area contributed by atoms with Crippen LogP contribution in [0.1, 0.15) is 32.3 Å². The molecule has 21 heavy (non-hydrogen) atoms. The number of aromatic nitrogens is 2. The van der Waals surface area contributed by atoms with Crippen LogP contribution in [0.2, 0.25) is 0 Å². The molecule has 0 saturated carbocycles. The molecule has 2 rings (SSSR count). The summed E-state index contributed by atoms with van der Waals surface area (Å²) in [6.45, 7) is 6.14. The Hall–Kier alpha value is -2.50. The van der Waals surface area contributed by atoms with Crippen LogP contribution in [0.5, 0.6) is 0 Å². The average Bonchev–Trinajstić information content (AvgIpc) is 2.49. The first-order valence-electron chi connectivity index (χ1n) is 6.78. The molecule has 6 heteroatoms. The molecule has 0 bridgehead atoms. The standard InChI is InChI=1S/C15H19N5O/c1-5-12-13(20-21-4)6-7-14(17-12)18-15-8-11(10(2)3)9-16-19-15/h5-10H,1-4H3,(H,17,18,19)/b12-5+,20-13-. The SMILES string of the molecule is C/C=C1/NC(=Nc2cc(C(C)C)cnn2)C=C/C1=N/OC. The van der Waals surface area contributed by atoms with Gasteiger partial charge in [0.05, 0.1) is 11.9 Å². The number of aliphatic imine (C=N–C) groups is 1. The first-order chi connectivity index (χ1) is 10.1. The van der Waals surface area contributed by atoms with Gasteiger partial charge in [-0.1, -0.05) is 25.1 Å². The number of oxime groups is 1. The molecule has 0 spiro atoms. The fraction of sp³-hybridized carbons (Fsp3) is 0.333. The zero-order valence-electron chi connectivity index (χ0n) is 12.7. The first-order valence-corrected chi connectivity index (χ1v) is 6.78. The lowest BCUT2D eigenvalue weighted by molar-refractivity contribution is 0.214. The topological polar surface area (TPSA) is 71.8 Å². The third-order valence-electron chi connectivity index (χ3n) is 2.98. The molecule has 0 fully saturated rings. The monoisotopic (exact) mass is 285 g/mol. The van der Waals surface area contributed by atoms with Crippen molar-refractivity contribution in [3.63, 3.8) is 0 Å². The lowest BCUT2D eigenvalue weighted by atomic mass is 10.1. The highest BCUT2D eigenvalue weighted by atomic mass is 16.6. The van der Waals surface area contributed by atoms with Gasteiger partial charge < -0.3 is 10.2 Å². The highest BCUT2D eigenvalue weighted by molar-refractivity contribution is 6.17. The number of hydrogen-bond acceptors (Lipinski definition) is 5. The van der Waals surface area contributed by atoms with Gasteiger partial charge in [0.1, 0.15) is 18.7 Å². The van der Waals surface area contributed by atoms with Crippen LogP contribution < -0.4 is 5.32 Å². The Labute approximate surface area is 124 Å². The molecule has 1 aliphatic rings. The summed E-state index contributed by atoms with van der Waals surface area (Å²) in [4.78, 5) is 9.27. The van der Waals surface area contributed by atoms with Crippen molar-refractivity contribution in [2.75, 3.05) is 7.11 Å². The predicted molar refractivity (Wildman–Crippen MR) is 83.7 cm³/mol. The Kier molecular flexibility index (Phi) is 4.81. The maximum atomic E-state index is 4.80. The number of rotatable bonds is 3. The maximum absolute atomic E-state index is 4.80. The molecule has 1 aliphatic heterocycles. The van der Waals surface area contributed by atoms with Gasteiger partial charge in [-0.3, -0.25) is 0 Å². The number of nitrogens with zero attached hydrogens (tertiary/aromatic N) is 4. The highest BCUT2D eigenvalue weighted by Gasteiger charge is 2.12. The second-order valence-corrected chi connectivity index (χ2v) is 4.82. The van der Waals surface area contributed by atoms with E-state index >= 15 is 0 Å². The Balaban J connectivity index is 2.29. The van der Waals surface area contributed by atoms with Crippen molar-refractivity contribution in [2.45, 2.75) is 26.7 Å². The van der Waals surface area contributed by atoms with Crippen molar-refractivity contribution in [1.82, 2.24) is 15.5 Å². The summed E-state index contributed by atoms with van der Waals surface area (Å²) in [6.07, 6.45) is 7.34. The van der Waals surface area contributed by atoms with Crippen LogP contribution in [0.25, 0.3) is 0 Å². The van der Waals surface area contributed by atoms with E-state index in [0.717, 1.165) is 17.0 Å². The van der Waals surface area contributed by atoms with Gasteiger partial charge in [-0.15, -0.1) is 5.10 Å². The van der Waals surface area contributed by atoms with Crippen molar-refractivity contribution < 1.29 is 4.84 Å². The van der Waals surface area contributed by atoms with Gasteiger partial charge in [-0.25, -0.2) is 4.99 Å². The van der Waals surface area contributed by atoms with Gasteiger partial charge in [0.2, 0.25) is 0 Å². The number of amidine groups is 1. The van der Waals surface area contributed by atoms with Gasteiger partial charge in [0.15, 0.2) is 5.82 Å². The fourth-order valence-corrected chi connectivity index (χ4v) is 1.82. The molecular formula is C15H19N5O. The molecule has 0 aromatic carbocycles. The van der Waals surface area contributed by atoms with Crippen molar-refractivity contribution in [3.05, 3.63) is 41.8 Å². The Morgan fingerprint density at radius 3 is 2.81 bits per heavy atom. The van der Waals surface area contributed by atoms with Crippen molar-refractivity contribution in [1.29, 1.82) is 0 Å². The predicted octanol–water partition coefficient (Wildman–Crippen LogP) is 2.70. The Morgan fingerprint density at radius 1 is 1.33 bits per heavy atom. The summed E-state index contributed by atoms with van der Waals surface area (Å²) in [5.74, 6) is 1.66. The largest absolute Gasteiger partial charge is 0.399 e.